The van der Waals surface area contributed by atoms with E-state index in [4.69, 9.17) is 15.0 Å². The van der Waals surface area contributed by atoms with E-state index in [0.29, 0.717) is 11.8 Å². The second-order valence-electron chi connectivity index (χ2n) is 9.25. The molecule has 0 radical (unpaired) electrons. The maximum atomic E-state index is 12.3. The van der Waals surface area contributed by atoms with Crippen molar-refractivity contribution in [2.24, 2.45) is 5.92 Å². The maximum absolute atomic E-state index is 12.3. The summed E-state index contributed by atoms with van der Waals surface area (Å²) in [5, 5.41) is 5.91. The molecule has 171 valence electrons. The fourth-order valence-corrected chi connectivity index (χ4v) is 4.95. The number of hydrogen-bond donors (Lipinski definition) is 0. The second-order valence-corrected chi connectivity index (χ2v) is 10.3. The molecule has 1 unspecified atom stereocenters. The van der Waals surface area contributed by atoms with E-state index < -0.39 is 5.60 Å². The van der Waals surface area contributed by atoms with Crippen molar-refractivity contribution in [2.45, 2.75) is 58.5 Å². The van der Waals surface area contributed by atoms with Gasteiger partial charge in [0.05, 0.1) is 15.2 Å². The number of benzene rings is 1. The van der Waals surface area contributed by atoms with Crippen molar-refractivity contribution in [1.82, 2.24) is 9.88 Å². The number of rotatable bonds is 2. The van der Waals surface area contributed by atoms with E-state index in [-0.39, 0.29) is 6.09 Å². The van der Waals surface area contributed by atoms with Crippen LogP contribution in [0.2, 0.25) is 0 Å². The Hall–Kier alpha value is -0.714. The number of halogens is 1. The van der Waals surface area contributed by atoms with Crippen molar-refractivity contribution in [2.75, 3.05) is 19.6 Å². The van der Waals surface area contributed by atoms with Crippen LogP contribution in [0.25, 0.3) is 21.2 Å². The molecule has 31 heavy (non-hydrogen) atoms. The summed E-state index contributed by atoms with van der Waals surface area (Å²) in [4.78, 5) is 19.1. The van der Waals surface area contributed by atoms with Gasteiger partial charge in [-0.1, -0.05) is 25.0 Å². The number of allylic oxidation sites excluding steroid dienone is 1. The van der Waals surface area contributed by atoms with E-state index in [0.717, 1.165) is 50.1 Å². The molecular formula is C23H30IN3O2OsS-. The summed E-state index contributed by atoms with van der Waals surface area (Å²) in [5.41, 5.74) is 2.88. The van der Waals surface area contributed by atoms with Gasteiger partial charge in [0.1, 0.15) is 5.60 Å². The zero-order valence-corrected chi connectivity index (χ0v) is 24.0. The Morgan fingerprint density at radius 2 is 2.00 bits per heavy atom. The van der Waals surface area contributed by atoms with Crippen LogP contribution < -0.4 is 0 Å². The first-order chi connectivity index (χ1) is 14.8. The molecule has 4 rings (SSSR count). The second kappa shape index (κ2) is 10.9. The van der Waals surface area contributed by atoms with Crippen LogP contribution in [-0.2, 0) is 19.8 Å². The Labute approximate surface area is 210 Å². The van der Waals surface area contributed by atoms with E-state index in [1.807, 2.05) is 40.7 Å². The average Bonchev–Trinajstić information content (AvgIpc) is 3.18. The van der Waals surface area contributed by atoms with Gasteiger partial charge in [-0.2, -0.15) is 0 Å². The van der Waals surface area contributed by atoms with Gasteiger partial charge in [-0.25, -0.2) is 9.78 Å². The molecule has 2 aliphatic heterocycles. The Kier molecular flexibility index (Phi) is 8.79. The number of piperidine rings is 1. The number of amides is 1. The molecule has 1 amide bonds. The van der Waals surface area contributed by atoms with Gasteiger partial charge in [0.15, 0.2) is 0 Å². The SMILES string of the molecule is CC1CC=C(c2ccc3sc(C4CCN(C(=O)OC(C)(C)C)CC4)nc3c2)[N-]C1.[I][Os]. The third-order valence-corrected chi connectivity index (χ3v) is 6.68. The fraction of sp³-hybridized carbons (Fsp3) is 0.565. The van der Waals surface area contributed by atoms with Crippen molar-refractivity contribution in [1.29, 1.82) is 0 Å². The summed E-state index contributed by atoms with van der Waals surface area (Å²) < 4.78 is 6.73. The quantitative estimate of drug-likeness (QED) is 0.312. The van der Waals surface area contributed by atoms with Crippen molar-refractivity contribution in [3.63, 3.8) is 0 Å². The van der Waals surface area contributed by atoms with Crippen molar-refractivity contribution in [3.8, 4) is 0 Å². The minimum absolute atomic E-state index is 0.205. The molecule has 1 aromatic heterocycles. The molecule has 5 nitrogen and oxygen atoms in total. The molecule has 1 saturated heterocycles. The number of nitrogens with zero attached hydrogens (tertiary/aromatic N) is 3. The predicted octanol–water partition coefficient (Wildman–Crippen LogP) is 7.05. The number of likely N-dealkylation sites (tertiary alicyclic amines) is 1. The number of fused-ring (bicyclic) bond motifs is 1. The van der Waals surface area contributed by atoms with Gasteiger partial charge in [-0.3, -0.25) is 0 Å². The van der Waals surface area contributed by atoms with Crippen molar-refractivity contribution in [3.05, 3.63) is 40.2 Å². The first-order valence-corrected chi connectivity index (χ1v) is 18.7. The van der Waals surface area contributed by atoms with E-state index in [1.54, 1.807) is 11.3 Å². The van der Waals surface area contributed by atoms with Crippen molar-refractivity contribution < 1.29 is 24.6 Å². The summed E-state index contributed by atoms with van der Waals surface area (Å²) in [7, 11) is 0. The standard InChI is InChI=1S/C23H30N3O2S.HI.Os/c1-15-5-7-18(24-14-15)17-6-8-20-19(13-17)25-21(29-20)16-9-11-26(12-10-16)22(27)28-23(2,3)4;;/h6-8,13,15-16H,5,9-12,14H2,1-4H3;1H;/q-1;;+1/p-1. The molecule has 8 heteroatoms. The van der Waals surface area contributed by atoms with E-state index in [2.05, 4.69) is 50.9 Å². The molecule has 0 aliphatic carbocycles. The molecule has 1 atom stereocenters. The van der Waals surface area contributed by atoms with Gasteiger partial charge in [0.25, 0.3) is 0 Å². The molecular weight excluding hydrogens is 699 g/mol. The Morgan fingerprint density at radius 1 is 1.29 bits per heavy atom. The van der Waals surface area contributed by atoms with Crippen LogP contribution in [0.3, 0.4) is 0 Å². The molecule has 2 aliphatic rings. The average molecular weight is 730 g/mol. The van der Waals surface area contributed by atoms with Gasteiger partial charge in [0, 0.05) is 19.0 Å². The molecule has 0 bridgehead atoms. The topological polar surface area (TPSA) is 56.5 Å². The summed E-state index contributed by atoms with van der Waals surface area (Å²) >= 11 is 5.79. The van der Waals surface area contributed by atoms with Gasteiger partial charge in [-0.15, -0.1) is 23.6 Å². The summed E-state index contributed by atoms with van der Waals surface area (Å²) in [6.45, 7) is 10.3. The molecule has 0 spiro atoms. The predicted molar refractivity (Wildman–Crippen MR) is 133 cm³/mol. The van der Waals surface area contributed by atoms with Gasteiger partial charge in [-0.05, 0) is 57.7 Å². The zero-order valence-electron chi connectivity index (χ0n) is 18.5. The number of aromatic nitrogens is 1. The van der Waals surface area contributed by atoms with Crippen LogP contribution in [0.5, 0.6) is 0 Å². The van der Waals surface area contributed by atoms with Crippen LogP contribution in [0, 0.1) is 5.92 Å². The van der Waals surface area contributed by atoms with Gasteiger partial charge >= 0.3 is 40.8 Å². The molecule has 0 saturated carbocycles. The summed E-state index contributed by atoms with van der Waals surface area (Å²) in [6.07, 6.45) is 5.00. The molecule has 0 N–H and O–H groups in total. The van der Waals surface area contributed by atoms with Crippen molar-refractivity contribution >= 4 is 53.0 Å². The van der Waals surface area contributed by atoms with E-state index >= 15 is 0 Å². The van der Waals surface area contributed by atoms with Crippen LogP contribution in [0.4, 0.5) is 4.79 Å². The monoisotopic (exact) mass is 731 g/mol. The number of thiazole rings is 1. The third-order valence-electron chi connectivity index (χ3n) is 5.48. The summed E-state index contributed by atoms with van der Waals surface area (Å²) in [5.74, 6) is 1.05. The fourth-order valence-electron chi connectivity index (χ4n) is 3.83. The van der Waals surface area contributed by atoms with Crippen LogP contribution >= 0.6 is 31.0 Å². The molecule has 1 aromatic carbocycles. The van der Waals surface area contributed by atoms with Crippen LogP contribution in [-0.4, -0.2) is 41.2 Å². The number of carbonyl (C=O) groups is 1. The molecule has 1 fully saturated rings. The Morgan fingerprint density at radius 3 is 2.61 bits per heavy atom. The Balaban J connectivity index is 0.00000132. The Bertz CT molecular complexity index is 933. The zero-order chi connectivity index (χ0) is 22.6. The van der Waals surface area contributed by atoms with Gasteiger partial charge < -0.3 is 15.0 Å². The first kappa shape index (κ1) is 24.9. The number of hydrogen-bond acceptors (Lipinski definition) is 4. The first-order valence-electron chi connectivity index (χ1n) is 10.7. The molecule has 3 heterocycles. The van der Waals surface area contributed by atoms with Crippen LogP contribution in [0.1, 0.15) is 63.4 Å². The van der Waals surface area contributed by atoms with E-state index in [9.17, 15) is 4.79 Å². The third kappa shape index (κ3) is 6.64. The number of carbonyl (C=O) groups excluding carboxylic acids is 1. The van der Waals surface area contributed by atoms with Gasteiger partial charge in [0.2, 0.25) is 0 Å². The normalized spacial score (nSPS) is 19.9. The molecule has 2 aromatic rings. The van der Waals surface area contributed by atoms with Crippen LogP contribution in [0.15, 0.2) is 24.3 Å². The number of ether oxygens (including phenoxy) is 1. The van der Waals surface area contributed by atoms with E-state index in [1.165, 1.54) is 15.3 Å². The summed E-state index contributed by atoms with van der Waals surface area (Å²) in [6, 6.07) is 6.52. The minimum atomic E-state index is -0.448.